The molecular formula is C15H21FO. The molecule has 1 saturated carbocycles. The van der Waals surface area contributed by atoms with E-state index in [1.807, 2.05) is 19.9 Å². The van der Waals surface area contributed by atoms with Gasteiger partial charge in [-0.2, -0.15) is 0 Å². The molecule has 1 aromatic carbocycles. The van der Waals surface area contributed by atoms with Crippen LogP contribution in [0.1, 0.15) is 54.7 Å². The third-order valence-electron chi connectivity index (χ3n) is 3.79. The molecule has 1 nitrogen and oxygen atoms in total. The third-order valence-corrected chi connectivity index (χ3v) is 3.79. The van der Waals surface area contributed by atoms with E-state index in [1.165, 1.54) is 0 Å². The number of halogens is 1. The van der Waals surface area contributed by atoms with Crippen molar-refractivity contribution in [2.75, 3.05) is 0 Å². The van der Waals surface area contributed by atoms with Gasteiger partial charge in [0, 0.05) is 0 Å². The van der Waals surface area contributed by atoms with Crippen LogP contribution in [0.25, 0.3) is 0 Å². The molecule has 1 fully saturated rings. The first-order chi connectivity index (χ1) is 8.08. The fourth-order valence-electron chi connectivity index (χ4n) is 3.04. The number of aliphatic hydroxyl groups excluding tert-OH is 1. The molecule has 1 aliphatic rings. The average molecular weight is 236 g/mol. The molecule has 0 bridgehead atoms. The number of aliphatic hydroxyl groups is 1. The normalized spacial score (nSPS) is 25.6. The molecule has 2 unspecified atom stereocenters. The van der Waals surface area contributed by atoms with Crippen LogP contribution in [0.2, 0.25) is 0 Å². The second-order valence-corrected chi connectivity index (χ2v) is 5.35. The Labute approximate surface area is 103 Å². The average Bonchev–Trinajstić information content (AvgIpc) is 2.41. The van der Waals surface area contributed by atoms with Gasteiger partial charge in [-0.05, 0) is 61.8 Å². The molecule has 1 aliphatic carbocycles. The molecule has 0 radical (unpaired) electrons. The predicted octanol–water partition coefficient (Wildman–Crippen LogP) is 3.85. The lowest BCUT2D eigenvalue weighted by Crippen LogP contribution is -2.11. The Bertz CT molecular complexity index is 377. The molecule has 0 spiro atoms. The quantitative estimate of drug-likeness (QED) is 0.734. The van der Waals surface area contributed by atoms with Crippen LogP contribution in [0.5, 0.6) is 0 Å². The molecular weight excluding hydrogens is 215 g/mol. The number of hydrogen-bond acceptors (Lipinski definition) is 1. The van der Waals surface area contributed by atoms with E-state index in [0.29, 0.717) is 6.42 Å². The van der Waals surface area contributed by atoms with Crippen molar-refractivity contribution in [1.82, 2.24) is 0 Å². The third kappa shape index (κ3) is 2.86. The standard InChI is InChI=1S/C15H21FO/c1-10-7-11(2)15(14(16)8-10)12-5-3-4-6-13(17)9-12/h7-8,12-13,17H,3-6,9H2,1-2H3. The number of benzene rings is 1. The lowest BCUT2D eigenvalue weighted by atomic mass is 9.87. The summed E-state index contributed by atoms with van der Waals surface area (Å²) in [5.41, 5.74) is 2.83. The Kier molecular flexibility index (Phi) is 3.82. The van der Waals surface area contributed by atoms with Crippen LogP contribution in [0.4, 0.5) is 4.39 Å². The van der Waals surface area contributed by atoms with E-state index in [1.54, 1.807) is 6.07 Å². The second kappa shape index (κ2) is 5.18. The maximum Gasteiger partial charge on any atom is 0.127 e. The van der Waals surface area contributed by atoms with Gasteiger partial charge in [0.15, 0.2) is 0 Å². The minimum Gasteiger partial charge on any atom is -0.393 e. The fraction of sp³-hybridized carbons (Fsp3) is 0.600. The van der Waals surface area contributed by atoms with Crippen LogP contribution in [0.3, 0.4) is 0 Å². The van der Waals surface area contributed by atoms with E-state index >= 15 is 0 Å². The van der Waals surface area contributed by atoms with E-state index in [2.05, 4.69) is 0 Å². The molecule has 0 aromatic heterocycles. The highest BCUT2D eigenvalue weighted by molar-refractivity contribution is 5.34. The number of aryl methyl sites for hydroxylation is 2. The molecule has 94 valence electrons. The first-order valence-electron chi connectivity index (χ1n) is 6.52. The summed E-state index contributed by atoms with van der Waals surface area (Å²) in [5, 5.41) is 9.83. The van der Waals surface area contributed by atoms with Crippen molar-refractivity contribution >= 4 is 0 Å². The SMILES string of the molecule is Cc1cc(C)c(C2CCCCC(O)C2)c(F)c1. The maximum absolute atomic E-state index is 14.1. The summed E-state index contributed by atoms with van der Waals surface area (Å²) in [5.74, 6) is 0.0923. The molecule has 2 rings (SSSR count). The van der Waals surface area contributed by atoms with Crippen LogP contribution in [-0.2, 0) is 0 Å². The van der Waals surface area contributed by atoms with Crippen molar-refractivity contribution < 1.29 is 9.50 Å². The second-order valence-electron chi connectivity index (χ2n) is 5.35. The Morgan fingerprint density at radius 2 is 1.88 bits per heavy atom. The van der Waals surface area contributed by atoms with Gasteiger partial charge in [-0.25, -0.2) is 4.39 Å². The van der Waals surface area contributed by atoms with Crippen molar-refractivity contribution in [1.29, 1.82) is 0 Å². The maximum atomic E-state index is 14.1. The van der Waals surface area contributed by atoms with Crippen LogP contribution < -0.4 is 0 Å². The van der Waals surface area contributed by atoms with Crippen LogP contribution >= 0.6 is 0 Å². The van der Waals surface area contributed by atoms with Gasteiger partial charge in [0.2, 0.25) is 0 Å². The summed E-state index contributed by atoms with van der Waals surface area (Å²) in [6.45, 7) is 3.89. The lowest BCUT2D eigenvalue weighted by Gasteiger charge is -2.20. The summed E-state index contributed by atoms with van der Waals surface area (Å²) >= 11 is 0. The molecule has 1 aromatic rings. The van der Waals surface area contributed by atoms with Crippen molar-refractivity contribution in [3.05, 3.63) is 34.6 Å². The van der Waals surface area contributed by atoms with Gasteiger partial charge in [0.25, 0.3) is 0 Å². The molecule has 1 N–H and O–H groups in total. The molecule has 2 heteroatoms. The lowest BCUT2D eigenvalue weighted by molar-refractivity contribution is 0.151. The Morgan fingerprint density at radius 3 is 2.59 bits per heavy atom. The Morgan fingerprint density at radius 1 is 1.18 bits per heavy atom. The van der Waals surface area contributed by atoms with Gasteiger partial charge in [-0.1, -0.05) is 18.9 Å². The van der Waals surface area contributed by atoms with E-state index in [4.69, 9.17) is 0 Å². The molecule has 0 amide bonds. The summed E-state index contributed by atoms with van der Waals surface area (Å²) in [6.07, 6.45) is 4.46. The van der Waals surface area contributed by atoms with Gasteiger partial charge >= 0.3 is 0 Å². The number of rotatable bonds is 1. The largest absolute Gasteiger partial charge is 0.393 e. The highest BCUT2D eigenvalue weighted by Gasteiger charge is 2.23. The van der Waals surface area contributed by atoms with Gasteiger partial charge in [0.05, 0.1) is 6.10 Å². The molecule has 0 heterocycles. The van der Waals surface area contributed by atoms with E-state index < -0.39 is 0 Å². The Hall–Kier alpha value is -0.890. The van der Waals surface area contributed by atoms with Crippen molar-refractivity contribution in [3.8, 4) is 0 Å². The van der Waals surface area contributed by atoms with Crippen molar-refractivity contribution in [2.24, 2.45) is 0 Å². The topological polar surface area (TPSA) is 20.2 Å². The van der Waals surface area contributed by atoms with Crippen LogP contribution in [0.15, 0.2) is 12.1 Å². The summed E-state index contributed by atoms with van der Waals surface area (Å²) in [6, 6.07) is 3.65. The smallest absolute Gasteiger partial charge is 0.127 e. The summed E-state index contributed by atoms with van der Waals surface area (Å²) in [7, 11) is 0. The molecule has 0 aliphatic heterocycles. The first kappa shape index (κ1) is 12.6. The zero-order valence-electron chi connectivity index (χ0n) is 10.7. The minimum atomic E-state index is -0.261. The summed E-state index contributed by atoms with van der Waals surface area (Å²) in [4.78, 5) is 0. The number of hydrogen-bond donors (Lipinski definition) is 1. The molecule has 17 heavy (non-hydrogen) atoms. The van der Waals surface area contributed by atoms with Gasteiger partial charge in [0.1, 0.15) is 5.82 Å². The fourth-order valence-corrected chi connectivity index (χ4v) is 3.04. The monoisotopic (exact) mass is 236 g/mol. The molecule has 2 atom stereocenters. The van der Waals surface area contributed by atoms with E-state index in [9.17, 15) is 9.50 Å². The van der Waals surface area contributed by atoms with Crippen molar-refractivity contribution in [3.63, 3.8) is 0 Å². The zero-order chi connectivity index (χ0) is 12.4. The highest BCUT2D eigenvalue weighted by Crippen LogP contribution is 2.35. The van der Waals surface area contributed by atoms with Crippen molar-refractivity contribution in [2.45, 2.75) is 58.0 Å². The highest BCUT2D eigenvalue weighted by atomic mass is 19.1. The zero-order valence-corrected chi connectivity index (χ0v) is 10.7. The Balaban J connectivity index is 2.32. The van der Waals surface area contributed by atoms with Gasteiger partial charge in [-0.3, -0.25) is 0 Å². The van der Waals surface area contributed by atoms with Gasteiger partial charge in [-0.15, -0.1) is 0 Å². The minimum absolute atomic E-state index is 0.0957. The van der Waals surface area contributed by atoms with Gasteiger partial charge < -0.3 is 5.11 Å². The molecule has 0 saturated heterocycles. The first-order valence-corrected chi connectivity index (χ1v) is 6.52. The van der Waals surface area contributed by atoms with Crippen LogP contribution in [0, 0.1) is 19.7 Å². The van der Waals surface area contributed by atoms with Crippen LogP contribution in [-0.4, -0.2) is 11.2 Å². The predicted molar refractivity (Wildman–Crippen MR) is 67.7 cm³/mol. The van der Waals surface area contributed by atoms with E-state index in [0.717, 1.165) is 42.4 Å². The van der Waals surface area contributed by atoms with E-state index in [-0.39, 0.29) is 17.8 Å². The summed E-state index contributed by atoms with van der Waals surface area (Å²) < 4.78 is 14.1.